The summed E-state index contributed by atoms with van der Waals surface area (Å²) in [5.41, 5.74) is 7.76. The van der Waals surface area contributed by atoms with Gasteiger partial charge in [-0.2, -0.15) is 5.12 Å². The van der Waals surface area contributed by atoms with Crippen LogP contribution in [0.2, 0.25) is 0 Å². The monoisotopic (exact) mass is 170 g/mol. The van der Waals surface area contributed by atoms with Crippen molar-refractivity contribution in [3.8, 4) is 0 Å². The lowest BCUT2D eigenvalue weighted by atomic mass is 10.1. The van der Waals surface area contributed by atoms with E-state index in [1.165, 1.54) is 25.7 Å². The van der Waals surface area contributed by atoms with Crippen molar-refractivity contribution < 1.29 is 0 Å². The Hall–Kier alpha value is -0.120. The minimum atomic E-state index is 0.622. The first-order valence-corrected chi connectivity index (χ1v) is 5.08. The molecule has 1 fully saturated rings. The van der Waals surface area contributed by atoms with Gasteiger partial charge in [-0.3, -0.25) is 0 Å². The fraction of sp³-hybridized carbons (Fsp3) is 1.00. The summed E-state index contributed by atoms with van der Waals surface area (Å²) in [7, 11) is 0. The topological polar surface area (TPSA) is 29.4 Å². The molecule has 3 nitrogen and oxygen atoms in total. The molecule has 1 rings (SSSR count). The summed E-state index contributed by atoms with van der Waals surface area (Å²) in [5.74, 6) is 0. The second-order valence-corrected chi connectivity index (χ2v) is 3.36. The van der Waals surface area contributed by atoms with Crippen molar-refractivity contribution in [1.82, 2.24) is 16.0 Å². The van der Waals surface area contributed by atoms with Crippen LogP contribution in [0.3, 0.4) is 0 Å². The molecule has 3 heteroatoms. The minimum absolute atomic E-state index is 0.622. The maximum Gasteiger partial charge on any atom is 0.0334 e. The summed E-state index contributed by atoms with van der Waals surface area (Å²) >= 11 is 0. The summed E-state index contributed by atoms with van der Waals surface area (Å²) in [5, 5.41) is 2.02. The molecule has 12 heavy (non-hydrogen) atoms. The van der Waals surface area contributed by atoms with E-state index in [9.17, 15) is 0 Å². The average Bonchev–Trinajstić information content (AvgIpc) is 2.56. The number of hydrogen-bond donors (Lipinski definition) is 1. The molecule has 1 N–H and O–H groups in total. The van der Waals surface area contributed by atoms with Crippen LogP contribution in [0.1, 0.15) is 39.5 Å². The highest BCUT2D eigenvalue weighted by Gasteiger charge is 2.15. The van der Waals surface area contributed by atoms with Gasteiger partial charge >= 0.3 is 0 Å². The molecule has 0 spiro atoms. The minimum Gasteiger partial charge on any atom is -0.237 e. The van der Waals surface area contributed by atoms with Gasteiger partial charge in [-0.1, -0.05) is 20.3 Å². The molecule has 0 bridgehead atoms. The Bertz CT molecular complexity index is 110. The third-order valence-electron chi connectivity index (χ3n) is 2.26. The molecule has 1 atom stereocenters. The smallest absolute Gasteiger partial charge is 0.0334 e. The van der Waals surface area contributed by atoms with Crippen molar-refractivity contribution in [3.05, 3.63) is 0 Å². The lowest BCUT2D eigenvalue weighted by molar-refractivity contribution is 0.124. The van der Waals surface area contributed by atoms with E-state index in [4.69, 9.17) is 0 Å². The SMILES string of the molecule is CCCC(CC)NN1CCC[N]1. The van der Waals surface area contributed by atoms with Crippen molar-refractivity contribution in [1.29, 1.82) is 0 Å². The molecule has 0 aliphatic carbocycles. The molecule has 1 saturated heterocycles. The Kier molecular flexibility index (Phi) is 4.58. The summed E-state index contributed by atoms with van der Waals surface area (Å²) < 4.78 is 0. The summed E-state index contributed by atoms with van der Waals surface area (Å²) in [6.07, 6.45) is 4.90. The quantitative estimate of drug-likeness (QED) is 0.674. The van der Waals surface area contributed by atoms with Gasteiger partial charge in [0.05, 0.1) is 0 Å². The third kappa shape index (κ3) is 3.09. The molecular weight excluding hydrogens is 150 g/mol. The molecule has 0 aromatic heterocycles. The number of hydrogen-bond acceptors (Lipinski definition) is 2. The molecule has 1 radical (unpaired) electrons. The largest absolute Gasteiger partial charge is 0.237 e. The number of nitrogens with zero attached hydrogens (tertiary/aromatic N) is 2. The van der Waals surface area contributed by atoms with E-state index in [1.54, 1.807) is 0 Å². The van der Waals surface area contributed by atoms with E-state index in [1.807, 2.05) is 5.12 Å². The van der Waals surface area contributed by atoms with Crippen LogP contribution in [-0.4, -0.2) is 24.2 Å². The predicted octanol–water partition coefficient (Wildman–Crippen LogP) is 1.29. The number of rotatable bonds is 5. The van der Waals surface area contributed by atoms with Crippen LogP contribution >= 0.6 is 0 Å². The van der Waals surface area contributed by atoms with Crippen LogP contribution in [0.5, 0.6) is 0 Å². The van der Waals surface area contributed by atoms with Crippen molar-refractivity contribution >= 4 is 0 Å². The molecule has 0 aromatic carbocycles. The van der Waals surface area contributed by atoms with Crippen LogP contribution in [0.25, 0.3) is 0 Å². The van der Waals surface area contributed by atoms with Crippen LogP contribution in [0.15, 0.2) is 0 Å². The molecule has 1 aliphatic rings. The van der Waals surface area contributed by atoms with Crippen LogP contribution in [0.4, 0.5) is 0 Å². The third-order valence-corrected chi connectivity index (χ3v) is 2.26. The van der Waals surface area contributed by atoms with Gasteiger partial charge in [0.25, 0.3) is 0 Å². The van der Waals surface area contributed by atoms with Crippen LogP contribution in [0, 0.1) is 0 Å². The zero-order valence-corrected chi connectivity index (χ0v) is 8.21. The lowest BCUT2D eigenvalue weighted by Crippen LogP contribution is -2.45. The first-order valence-electron chi connectivity index (χ1n) is 5.08. The van der Waals surface area contributed by atoms with E-state index in [-0.39, 0.29) is 0 Å². The van der Waals surface area contributed by atoms with Crippen molar-refractivity contribution in [2.75, 3.05) is 13.1 Å². The zero-order valence-electron chi connectivity index (χ0n) is 8.21. The maximum atomic E-state index is 4.33. The van der Waals surface area contributed by atoms with E-state index in [0.717, 1.165) is 13.1 Å². The molecule has 0 amide bonds. The van der Waals surface area contributed by atoms with Gasteiger partial charge in [-0.25, -0.2) is 5.43 Å². The number of hydrazine groups is 1. The fourth-order valence-electron chi connectivity index (χ4n) is 1.51. The summed E-state index contributed by atoms with van der Waals surface area (Å²) in [4.78, 5) is 0. The summed E-state index contributed by atoms with van der Waals surface area (Å²) in [6.45, 7) is 6.53. The second kappa shape index (κ2) is 5.51. The van der Waals surface area contributed by atoms with E-state index < -0.39 is 0 Å². The molecule has 1 unspecified atom stereocenters. The second-order valence-electron chi connectivity index (χ2n) is 3.36. The summed E-state index contributed by atoms with van der Waals surface area (Å²) in [6, 6.07) is 0.622. The maximum absolute atomic E-state index is 4.33. The Labute approximate surface area is 75.5 Å². The van der Waals surface area contributed by atoms with Gasteiger partial charge in [-0.15, -0.1) is 5.43 Å². The molecular formula is C9H20N3. The lowest BCUT2D eigenvalue weighted by Gasteiger charge is -2.22. The predicted molar refractivity (Wildman–Crippen MR) is 50.4 cm³/mol. The van der Waals surface area contributed by atoms with Gasteiger partial charge in [0, 0.05) is 19.1 Å². The van der Waals surface area contributed by atoms with Crippen molar-refractivity contribution in [3.63, 3.8) is 0 Å². The molecule has 0 saturated carbocycles. The Morgan fingerprint density at radius 2 is 2.33 bits per heavy atom. The van der Waals surface area contributed by atoms with Gasteiger partial charge in [0.15, 0.2) is 0 Å². The number of nitrogens with one attached hydrogen (secondary N) is 1. The highest BCUT2D eigenvalue weighted by Crippen LogP contribution is 2.03. The average molecular weight is 170 g/mol. The Balaban J connectivity index is 2.16. The highest BCUT2D eigenvalue weighted by atomic mass is 15.7. The normalized spacial score (nSPS) is 21.5. The van der Waals surface area contributed by atoms with Gasteiger partial charge in [0.1, 0.15) is 0 Å². The first kappa shape index (κ1) is 9.96. The van der Waals surface area contributed by atoms with Gasteiger partial charge < -0.3 is 0 Å². The van der Waals surface area contributed by atoms with Crippen LogP contribution in [-0.2, 0) is 0 Å². The molecule has 0 aromatic rings. The van der Waals surface area contributed by atoms with Gasteiger partial charge in [-0.05, 0) is 19.3 Å². The Morgan fingerprint density at radius 3 is 2.83 bits per heavy atom. The van der Waals surface area contributed by atoms with Gasteiger partial charge in [0.2, 0.25) is 0 Å². The standard InChI is InChI=1S/C9H20N3/c1-3-6-9(4-2)11-12-8-5-7-10-12/h9,11H,3-8H2,1-2H3. The van der Waals surface area contributed by atoms with Crippen LogP contribution < -0.4 is 10.9 Å². The van der Waals surface area contributed by atoms with E-state index in [0.29, 0.717) is 6.04 Å². The van der Waals surface area contributed by atoms with Crippen molar-refractivity contribution in [2.45, 2.75) is 45.6 Å². The van der Waals surface area contributed by atoms with E-state index in [2.05, 4.69) is 24.7 Å². The molecule has 1 heterocycles. The van der Waals surface area contributed by atoms with Crippen molar-refractivity contribution in [2.24, 2.45) is 0 Å². The Morgan fingerprint density at radius 1 is 1.50 bits per heavy atom. The highest BCUT2D eigenvalue weighted by molar-refractivity contribution is 4.64. The first-order chi connectivity index (χ1) is 5.86. The molecule has 71 valence electrons. The van der Waals surface area contributed by atoms with E-state index >= 15 is 0 Å². The zero-order chi connectivity index (χ0) is 8.81. The molecule has 1 aliphatic heterocycles. The fourth-order valence-corrected chi connectivity index (χ4v) is 1.51.